The summed E-state index contributed by atoms with van der Waals surface area (Å²) in [5.41, 5.74) is -2.92. The fourth-order valence-corrected chi connectivity index (χ4v) is 2.12. The van der Waals surface area contributed by atoms with Gasteiger partial charge in [0.1, 0.15) is 0 Å². The quantitative estimate of drug-likeness (QED) is 0.209. The molecule has 10 heteroatoms. The summed E-state index contributed by atoms with van der Waals surface area (Å²) in [7, 11) is -4.42. The van der Waals surface area contributed by atoms with E-state index in [1.165, 1.54) is 5.32 Å². The summed E-state index contributed by atoms with van der Waals surface area (Å²) in [4.78, 5) is 11.4. The number of hydrogen-bond acceptors (Lipinski definition) is 8. The number of sulfone groups is 1. The normalized spacial score (nSPS) is 14.9. The van der Waals surface area contributed by atoms with Gasteiger partial charge < -0.3 is 30.8 Å². The molecule has 1 amide bonds. The standard InChI is InChI=1S/C10H21NO8S/c1-3-4-5-6-7(12)11-10(16,17)9(14,15)8(13)20(2,18)19/h8,13-17H,3-6H2,1-2H3,(H,11,12). The van der Waals surface area contributed by atoms with Gasteiger partial charge >= 0.3 is 5.91 Å². The van der Waals surface area contributed by atoms with Crippen LogP contribution >= 0.6 is 0 Å². The third kappa shape index (κ3) is 4.96. The Labute approximate surface area is 116 Å². The van der Waals surface area contributed by atoms with Gasteiger partial charge in [-0.15, -0.1) is 0 Å². The molecular formula is C10H21NO8S. The number of carbonyl (C=O) groups excluding carboxylic acids is 1. The highest BCUT2D eigenvalue weighted by Crippen LogP contribution is 2.22. The van der Waals surface area contributed by atoms with Crippen molar-refractivity contribution in [1.82, 2.24) is 5.32 Å². The molecule has 0 aromatic heterocycles. The maximum absolute atomic E-state index is 11.4. The van der Waals surface area contributed by atoms with Crippen LogP contribution in [0, 0.1) is 0 Å². The molecule has 0 saturated heterocycles. The lowest BCUT2D eigenvalue weighted by atomic mass is 10.1. The van der Waals surface area contributed by atoms with Crippen molar-refractivity contribution in [2.45, 2.75) is 49.7 Å². The first-order valence-corrected chi connectivity index (χ1v) is 7.89. The van der Waals surface area contributed by atoms with Gasteiger partial charge in [0.15, 0.2) is 9.84 Å². The zero-order chi connectivity index (χ0) is 16.2. The van der Waals surface area contributed by atoms with Crippen LogP contribution in [0.1, 0.15) is 32.6 Å². The molecular weight excluding hydrogens is 294 g/mol. The number of hydrogen-bond donors (Lipinski definition) is 6. The highest BCUT2D eigenvalue weighted by molar-refractivity contribution is 7.91. The molecule has 0 saturated carbocycles. The van der Waals surface area contributed by atoms with Crippen molar-refractivity contribution in [3.05, 3.63) is 0 Å². The van der Waals surface area contributed by atoms with Crippen molar-refractivity contribution in [2.75, 3.05) is 6.26 Å². The number of nitrogens with one attached hydrogen (secondary N) is 1. The van der Waals surface area contributed by atoms with Gasteiger partial charge in [-0.05, 0) is 6.42 Å². The molecule has 0 radical (unpaired) electrons. The molecule has 6 N–H and O–H groups in total. The molecule has 0 aromatic carbocycles. The van der Waals surface area contributed by atoms with E-state index in [0.29, 0.717) is 19.1 Å². The number of unbranched alkanes of at least 4 members (excludes halogenated alkanes) is 2. The molecule has 0 aliphatic heterocycles. The highest BCUT2D eigenvalue weighted by atomic mass is 32.2. The van der Waals surface area contributed by atoms with Gasteiger partial charge in [-0.25, -0.2) is 8.42 Å². The van der Waals surface area contributed by atoms with E-state index < -0.39 is 32.9 Å². The minimum atomic E-state index is -4.42. The Morgan fingerprint density at radius 1 is 1.20 bits per heavy atom. The Morgan fingerprint density at radius 3 is 2.10 bits per heavy atom. The van der Waals surface area contributed by atoms with E-state index in [-0.39, 0.29) is 6.42 Å². The Hall–Kier alpha value is -0.780. The first-order valence-electron chi connectivity index (χ1n) is 5.93. The van der Waals surface area contributed by atoms with Gasteiger partial charge in [0.25, 0.3) is 5.79 Å². The maximum Gasteiger partial charge on any atom is 0.307 e. The fraction of sp³-hybridized carbons (Fsp3) is 0.900. The molecule has 0 aliphatic carbocycles. The van der Waals surface area contributed by atoms with Crippen LogP contribution < -0.4 is 5.32 Å². The van der Waals surface area contributed by atoms with Crippen molar-refractivity contribution >= 4 is 15.7 Å². The molecule has 0 aliphatic rings. The third-order valence-electron chi connectivity index (χ3n) is 2.58. The van der Waals surface area contributed by atoms with Gasteiger partial charge in [-0.2, -0.15) is 0 Å². The average Bonchev–Trinajstić information content (AvgIpc) is 2.26. The van der Waals surface area contributed by atoms with E-state index in [9.17, 15) is 38.7 Å². The monoisotopic (exact) mass is 315 g/mol. The van der Waals surface area contributed by atoms with Gasteiger partial charge in [0, 0.05) is 12.7 Å². The highest BCUT2D eigenvalue weighted by Gasteiger charge is 2.57. The van der Waals surface area contributed by atoms with Crippen molar-refractivity contribution < 1.29 is 38.7 Å². The van der Waals surface area contributed by atoms with Crippen LogP contribution in [-0.4, -0.2) is 63.2 Å². The fourth-order valence-electron chi connectivity index (χ4n) is 1.36. The van der Waals surface area contributed by atoms with Crippen LogP contribution in [0.3, 0.4) is 0 Å². The predicted octanol–water partition coefficient (Wildman–Crippen LogP) is -2.63. The largest absolute Gasteiger partial charge is 0.373 e. The summed E-state index contributed by atoms with van der Waals surface area (Å²) in [6.45, 7) is 1.88. The minimum absolute atomic E-state index is 0.123. The van der Waals surface area contributed by atoms with E-state index in [2.05, 4.69) is 0 Å². The Kier molecular flexibility index (Phi) is 6.52. The maximum atomic E-state index is 11.4. The van der Waals surface area contributed by atoms with Gasteiger partial charge in [-0.3, -0.25) is 4.79 Å². The number of carbonyl (C=O) groups is 1. The second-order valence-electron chi connectivity index (χ2n) is 4.59. The summed E-state index contributed by atoms with van der Waals surface area (Å²) >= 11 is 0. The first kappa shape index (κ1) is 19.2. The molecule has 0 heterocycles. The molecule has 0 aromatic rings. The summed E-state index contributed by atoms with van der Waals surface area (Å²) in [5.74, 6) is -8.54. The van der Waals surface area contributed by atoms with Gasteiger partial charge in [0.05, 0.1) is 0 Å². The van der Waals surface area contributed by atoms with Crippen LogP contribution in [0.5, 0.6) is 0 Å². The molecule has 0 fully saturated rings. The van der Waals surface area contributed by atoms with Crippen LogP contribution in [0.15, 0.2) is 0 Å². The topological polar surface area (TPSA) is 164 Å². The second kappa shape index (κ2) is 6.78. The van der Waals surface area contributed by atoms with Crippen LogP contribution in [0.4, 0.5) is 0 Å². The van der Waals surface area contributed by atoms with Crippen LogP contribution in [0.25, 0.3) is 0 Å². The Balaban J connectivity index is 4.89. The average molecular weight is 315 g/mol. The van der Waals surface area contributed by atoms with Gasteiger partial charge in [-0.1, -0.05) is 19.8 Å². The summed E-state index contributed by atoms with van der Waals surface area (Å²) in [6.07, 6.45) is 2.27. The van der Waals surface area contributed by atoms with Crippen molar-refractivity contribution in [3.63, 3.8) is 0 Å². The molecule has 120 valence electrons. The summed E-state index contributed by atoms with van der Waals surface area (Å²) < 4.78 is 22.0. The zero-order valence-corrected chi connectivity index (χ0v) is 12.1. The molecule has 0 rings (SSSR count). The SMILES string of the molecule is CCCCCC(=O)NC(O)(O)C(O)(O)C(O)S(C)(=O)=O. The second-order valence-corrected chi connectivity index (χ2v) is 6.69. The number of amides is 1. The van der Waals surface area contributed by atoms with Crippen LogP contribution in [-0.2, 0) is 14.6 Å². The number of aliphatic hydroxyl groups excluding tert-OH is 1. The molecule has 1 atom stereocenters. The van der Waals surface area contributed by atoms with E-state index in [1.54, 1.807) is 0 Å². The molecule has 0 spiro atoms. The van der Waals surface area contributed by atoms with E-state index >= 15 is 0 Å². The van der Waals surface area contributed by atoms with Crippen molar-refractivity contribution in [3.8, 4) is 0 Å². The molecule has 9 nitrogen and oxygen atoms in total. The first-order chi connectivity index (χ1) is 8.86. The van der Waals surface area contributed by atoms with E-state index in [0.717, 1.165) is 6.42 Å². The van der Waals surface area contributed by atoms with Gasteiger partial charge in [0.2, 0.25) is 11.3 Å². The number of rotatable bonds is 8. The molecule has 0 bridgehead atoms. The lowest BCUT2D eigenvalue weighted by Crippen LogP contribution is -2.70. The van der Waals surface area contributed by atoms with Crippen LogP contribution in [0.2, 0.25) is 0 Å². The van der Waals surface area contributed by atoms with Crippen molar-refractivity contribution in [1.29, 1.82) is 0 Å². The Bertz CT molecular complexity index is 431. The Morgan fingerprint density at radius 2 is 1.70 bits per heavy atom. The number of aliphatic hydroxyl groups is 5. The molecule has 1 unspecified atom stereocenters. The minimum Gasteiger partial charge on any atom is -0.373 e. The smallest absolute Gasteiger partial charge is 0.307 e. The summed E-state index contributed by atoms with van der Waals surface area (Å²) in [6, 6.07) is 0. The lowest BCUT2D eigenvalue weighted by molar-refractivity contribution is -0.381. The van der Waals surface area contributed by atoms with Crippen molar-refractivity contribution in [2.24, 2.45) is 0 Å². The third-order valence-corrected chi connectivity index (χ3v) is 3.72. The summed E-state index contributed by atoms with van der Waals surface area (Å²) in [5, 5.41) is 48.2. The lowest BCUT2D eigenvalue weighted by Gasteiger charge is -2.37. The van der Waals surface area contributed by atoms with E-state index in [1.807, 2.05) is 6.92 Å². The zero-order valence-electron chi connectivity index (χ0n) is 11.3. The van der Waals surface area contributed by atoms with E-state index in [4.69, 9.17) is 0 Å². The predicted molar refractivity (Wildman–Crippen MR) is 67.5 cm³/mol. The molecule has 20 heavy (non-hydrogen) atoms.